The third-order valence-electron chi connectivity index (χ3n) is 5.53. The minimum absolute atomic E-state index is 0.0663. The van der Waals surface area contributed by atoms with Crippen LogP contribution in [0.25, 0.3) is 10.6 Å². The Labute approximate surface area is 191 Å². The summed E-state index contributed by atoms with van der Waals surface area (Å²) in [6.45, 7) is 5.75. The fourth-order valence-electron chi connectivity index (χ4n) is 3.79. The van der Waals surface area contributed by atoms with Crippen LogP contribution in [0.2, 0.25) is 0 Å². The van der Waals surface area contributed by atoms with E-state index in [0.29, 0.717) is 31.7 Å². The van der Waals surface area contributed by atoms with E-state index in [9.17, 15) is 14.7 Å². The number of carbonyl (C=O) groups excluding carboxylic acids is 2. The van der Waals surface area contributed by atoms with Crippen LogP contribution < -0.4 is 5.32 Å². The standard InChI is InChI=1S/C24H26N4O3S/c1-16-21(32-22(25-16)18-7-4-3-5-8-18)17(2)26-24(31)28-13-11-27(12-14-28)23(30)19-9-6-10-20(29)15-19/h3-10,15,17,29H,11-14H2,1-2H3,(H,26,31). The van der Waals surface area contributed by atoms with Crippen LogP contribution in [0.4, 0.5) is 4.79 Å². The number of phenolic OH excluding ortho intramolecular Hbond substituents is 1. The molecule has 3 aromatic rings. The number of thiazole rings is 1. The Morgan fingerprint density at radius 2 is 1.72 bits per heavy atom. The highest BCUT2D eigenvalue weighted by atomic mass is 32.1. The summed E-state index contributed by atoms with van der Waals surface area (Å²) in [5.74, 6) is -0.0697. The zero-order valence-electron chi connectivity index (χ0n) is 18.1. The molecule has 1 saturated heterocycles. The molecule has 2 aromatic carbocycles. The van der Waals surface area contributed by atoms with Crippen molar-refractivity contribution in [2.75, 3.05) is 26.2 Å². The molecule has 1 fully saturated rings. The van der Waals surface area contributed by atoms with Gasteiger partial charge in [-0.3, -0.25) is 4.79 Å². The van der Waals surface area contributed by atoms with Crippen LogP contribution in [0.1, 0.15) is 33.9 Å². The molecular formula is C24H26N4O3S. The van der Waals surface area contributed by atoms with Gasteiger partial charge in [-0.25, -0.2) is 9.78 Å². The van der Waals surface area contributed by atoms with Gasteiger partial charge >= 0.3 is 6.03 Å². The Morgan fingerprint density at radius 1 is 1.03 bits per heavy atom. The van der Waals surface area contributed by atoms with E-state index in [4.69, 9.17) is 0 Å². The Kier molecular flexibility index (Phi) is 6.41. The van der Waals surface area contributed by atoms with Gasteiger partial charge in [-0.2, -0.15) is 0 Å². The summed E-state index contributed by atoms with van der Waals surface area (Å²) >= 11 is 1.59. The smallest absolute Gasteiger partial charge is 0.318 e. The number of aromatic hydroxyl groups is 1. The lowest BCUT2D eigenvalue weighted by Crippen LogP contribution is -2.53. The molecule has 0 bridgehead atoms. The van der Waals surface area contributed by atoms with Gasteiger partial charge in [-0.1, -0.05) is 36.4 Å². The van der Waals surface area contributed by atoms with Crippen LogP contribution in [0.15, 0.2) is 54.6 Å². The number of phenols is 1. The molecule has 2 heterocycles. The molecule has 2 N–H and O–H groups in total. The minimum atomic E-state index is -0.163. The number of aryl methyl sites for hydroxylation is 1. The third-order valence-corrected chi connectivity index (χ3v) is 6.92. The molecule has 1 unspecified atom stereocenters. The molecule has 7 nitrogen and oxygen atoms in total. The second-order valence-electron chi connectivity index (χ2n) is 7.84. The molecule has 1 aliphatic rings. The summed E-state index contributed by atoms with van der Waals surface area (Å²) in [6, 6.07) is 16.0. The predicted molar refractivity (Wildman–Crippen MR) is 125 cm³/mol. The van der Waals surface area contributed by atoms with Crippen molar-refractivity contribution in [3.63, 3.8) is 0 Å². The Balaban J connectivity index is 1.34. The van der Waals surface area contributed by atoms with Crippen LogP contribution >= 0.6 is 11.3 Å². The van der Waals surface area contributed by atoms with Crippen LogP contribution in [-0.2, 0) is 0 Å². The molecule has 32 heavy (non-hydrogen) atoms. The summed E-state index contributed by atoms with van der Waals surface area (Å²) in [5.41, 5.74) is 2.44. The van der Waals surface area contributed by atoms with E-state index in [1.54, 1.807) is 33.3 Å². The van der Waals surface area contributed by atoms with Crippen molar-refractivity contribution in [1.29, 1.82) is 0 Å². The van der Waals surface area contributed by atoms with Gasteiger partial charge in [0.2, 0.25) is 0 Å². The fraction of sp³-hybridized carbons (Fsp3) is 0.292. The maximum Gasteiger partial charge on any atom is 0.318 e. The maximum atomic E-state index is 12.8. The molecule has 0 radical (unpaired) electrons. The van der Waals surface area contributed by atoms with Gasteiger partial charge in [-0.05, 0) is 32.0 Å². The fourth-order valence-corrected chi connectivity index (χ4v) is 4.86. The number of aromatic nitrogens is 1. The number of benzene rings is 2. The number of urea groups is 1. The SMILES string of the molecule is Cc1nc(-c2ccccc2)sc1C(C)NC(=O)N1CCN(C(=O)c2cccc(O)c2)CC1. The van der Waals surface area contributed by atoms with Gasteiger partial charge in [0.1, 0.15) is 10.8 Å². The first kappa shape index (κ1) is 21.8. The maximum absolute atomic E-state index is 12.8. The average molecular weight is 451 g/mol. The lowest BCUT2D eigenvalue weighted by atomic mass is 10.1. The predicted octanol–water partition coefficient (Wildman–Crippen LogP) is 4.05. The first-order chi connectivity index (χ1) is 15.4. The van der Waals surface area contributed by atoms with Crippen LogP contribution in [0.3, 0.4) is 0 Å². The van der Waals surface area contributed by atoms with Crippen LogP contribution in [-0.4, -0.2) is 58.0 Å². The first-order valence-corrected chi connectivity index (χ1v) is 11.4. The Hall–Kier alpha value is -3.39. The Morgan fingerprint density at radius 3 is 2.41 bits per heavy atom. The Bertz CT molecular complexity index is 1110. The highest BCUT2D eigenvalue weighted by Crippen LogP contribution is 2.31. The molecule has 1 atom stereocenters. The molecule has 166 valence electrons. The summed E-state index contributed by atoms with van der Waals surface area (Å²) in [5, 5.41) is 13.6. The largest absolute Gasteiger partial charge is 0.508 e. The first-order valence-electron chi connectivity index (χ1n) is 10.6. The van der Waals surface area contributed by atoms with Crippen LogP contribution in [0, 0.1) is 6.92 Å². The highest BCUT2D eigenvalue weighted by molar-refractivity contribution is 7.15. The monoisotopic (exact) mass is 450 g/mol. The number of piperazine rings is 1. The van der Waals surface area contributed by atoms with Gasteiger partial charge < -0.3 is 20.2 Å². The third kappa shape index (κ3) is 4.75. The van der Waals surface area contributed by atoms with Gasteiger partial charge in [0.15, 0.2) is 0 Å². The van der Waals surface area contributed by atoms with Gasteiger partial charge in [0.25, 0.3) is 5.91 Å². The summed E-state index contributed by atoms with van der Waals surface area (Å²) in [7, 11) is 0. The molecule has 1 aromatic heterocycles. The van der Waals surface area contributed by atoms with Crippen molar-refractivity contribution >= 4 is 23.3 Å². The zero-order chi connectivity index (χ0) is 22.7. The molecule has 4 rings (SSSR count). The quantitative estimate of drug-likeness (QED) is 0.628. The van der Waals surface area contributed by atoms with E-state index in [1.807, 2.05) is 44.2 Å². The number of carbonyl (C=O) groups is 2. The summed E-state index contributed by atoms with van der Waals surface area (Å²) in [4.78, 5) is 34.6. The normalized spacial score (nSPS) is 14.8. The van der Waals surface area contributed by atoms with Gasteiger partial charge in [0.05, 0.1) is 16.6 Å². The van der Waals surface area contributed by atoms with E-state index < -0.39 is 0 Å². The number of rotatable bonds is 4. The van der Waals surface area contributed by atoms with Crippen molar-refractivity contribution in [2.24, 2.45) is 0 Å². The molecule has 8 heteroatoms. The number of hydrogen-bond acceptors (Lipinski definition) is 5. The zero-order valence-corrected chi connectivity index (χ0v) is 18.9. The number of hydrogen-bond donors (Lipinski definition) is 2. The topological polar surface area (TPSA) is 85.8 Å². The molecule has 0 spiro atoms. The second kappa shape index (κ2) is 9.40. The lowest BCUT2D eigenvalue weighted by Gasteiger charge is -2.35. The van der Waals surface area contributed by atoms with E-state index >= 15 is 0 Å². The lowest BCUT2D eigenvalue weighted by molar-refractivity contribution is 0.0663. The average Bonchev–Trinajstić information content (AvgIpc) is 3.21. The minimum Gasteiger partial charge on any atom is -0.508 e. The van der Waals surface area contributed by atoms with Gasteiger partial charge in [-0.15, -0.1) is 11.3 Å². The number of nitrogens with one attached hydrogen (secondary N) is 1. The number of amides is 3. The van der Waals surface area contributed by atoms with Crippen molar-refractivity contribution in [1.82, 2.24) is 20.1 Å². The molecule has 3 amide bonds. The van der Waals surface area contributed by atoms with Crippen molar-refractivity contribution in [3.05, 3.63) is 70.7 Å². The summed E-state index contributed by atoms with van der Waals surface area (Å²) in [6.07, 6.45) is 0. The van der Waals surface area contributed by atoms with E-state index in [-0.39, 0.29) is 23.7 Å². The van der Waals surface area contributed by atoms with Crippen molar-refractivity contribution < 1.29 is 14.7 Å². The van der Waals surface area contributed by atoms with Crippen LogP contribution in [0.5, 0.6) is 5.75 Å². The molecule has 1 aliphatic heterocycles. The molecule has 0 saturated carbocycles. The van der Waals surface area contributed by atoms with E-state index in [2.05, 4.69) is 10.3 Å². The number of nitrogens with zero attached hydrogens (tertiary/aromatic N) is 3. The molecule has 0 aliphatic carbocycles. The summed E-state index contributed by atoms with van der Waals surface area (Å²) < 4.78 is 0. The molecular weight excluding hydrogens is 424 g/mol. The van der Waals surface area contributed by atoms with E-state index in [1.165, 1.54) is 12.1 Å². The van der Waals surface area contributed by atoms with Crippen molar-refractivity contribution in [2.45, 2.75) is 19.9 Å². The van der Waals surface area contributed by atoms with E-state index in [0.717, 1.165) is 21.1 Å². The second-order valence-corrected chi connectivity index (χ2v) is 8.87. The highest BCUT2D eigenvalue weighted by Gasteiger charge is 2.26. The van der Waals surface area contributed by atoms with Crippen molar-refractivity contribution in [3.8, 4) is 16.3 Å². The van der Waals surface area contributed by atoms with Gasteiger partial charge in [0, 0.05) is 37.3 Å².